The van der Waals surface area contributed by atoms with Gasteiger partial charge in [-0.2, -0.15) is 0 Å². The Bertz CT molecular complexity index is 449. The van der Waals surface area contributed by atoms with E-state index in [2.05, 4.69) is 0 Å². The van der Waals surface area contributed by atoms with Gasteiger partial charge in [0.25, 0.3) is 5.91 Å². The SMILES string of the molecule is COCCN(CC(=O)O)C(=O)COc1ccc(Cl)cc1. The Hall–Kier alpha value is -1.79. The minimum absolute atomic E-state index is 0.200. The smallest absolute Gasteiger partial charge is 0.323 e. The lowest BCUT2D eigenvalue weighted by atomic mass is 10.3. The van der Waals surface area contributed by atoms with Crippen LogP contribution in [0.3, 0.4) is 0 Å². The van der Waals surface area contributed by atoms with E-state index in [4.69, 9.17) is 26.2 Å². The summed E-state index contributed by atoms with van der Waals surface area (Å²) in [6, 6.07) is 6.54. The number of rotatable bonds is 8. The minimum atomic E-state index is -1.08. The van der Waals surface area contributed by atoms with Crippen LogP contribution in [-0.2, 0) is 14.3 Å². The van der Waals surface area contributed by atoms with Gasteiger partial charge in [-0.3, -0.25) is 9.59 Å². The lowest BCUT2D eigenvalue weighted by molar-refractivity contribution is -0.145. The number of halogens is 1. The van der Waals surface area contributed by atoms with Crippen molar-refractivity contribution < 1.29 is 24.2 Å². The number of carbonyl (C=O) groups excluding carboxylic acids is 1. The second-order valence-electron chi connectivity index (χ2n) is 3.94. The predicted molar refractivity (Wildman–Crippen MR) is 73.0 cm³/mol. The number of ether oxygens (including phenoxy) is 2. The molecule has 110 valence electrons. The fourth-order valence-electron chi connectivity index (χ4n) is 1.42. The van der Waals surface area contributed by atoms with Gasteiger partial charge in [0.2, 0.25) is 0 Å². The van der Waals surface area contributed by atoms with Crippen molar-refractivity contribution in [2.45, 2.75) is 0 Å². The monoisotopic (exact) mass is 301 g/mol. The minimum Gasteiger partial charge on any atom is -0.484 e. The Morgan fingerprint density at radius 2 is 1.95 bits per heavy atom. The van der Waals surface area contributed by atoms with Gasteiger partial charge in [-0.05, 0) is 24.3 Å². The Labute approximate surface area is 121 Å². The zero-order valence-electron chi connectivity index (χ0n) is 11.0. The van der Waals surface area contributed by atoms with Crippen LogP contribution in [0.4, 0.5) is 0 Å². The number of carboxylic acid groups (broad SMARTS) is 1. The highest BCUT2D eigenvalue weighted by Gasteiger charge is 2.17. The molecule has 0 saturated heterocycles. The molecule has 6 nitrogen and oxygen atoms in total. The van der Waals surface area contributed by atoms with Crippen LogP contribution in [0.5, 0.6) is 5.75 Å². The van der Waals surface area contributed by atoms with Gasteiger partial charge in [-0.25, -0.2) is 0 Å². The summed E-state index contributed by atoms with van der Waals surface area (Å²) in [5.74, 6) is -1.01. The number of hydrogen-bond donors (Lipinski definition) is 1. The highest BCUT2D eigenvalue weighted by atomic mass is 35.5. The third-order valence-electron chi connectivity index (χ3n) is 2.42. The average Bonchev–Trinajstić information content (AvgIpc) is 2.42. The maximum Gasteiger partial charge on any atom is 0.323 e. The molecule has 0 unspecified atom stereocenters. The van der Waals surface area contributed by atoms with Gasteiger partial charge in [-0.1, -0.05) is 11.6 Å². The summed E-state index contributed by atoms with van der Waals surface area (Å²) in [5, 5.41) is 9.32. The molecule has 7 heteroatoms. The molecule has 0 heterocycles. The van der Waals surface area contributed by atoms with E-state index >= 15 is 0 Å². The van der Waals surface area contributed by atoms with Crippen LogP contribution in [0.1, 0.15) is 0 Å². The van der Waals surface area contributed by atoms with Gasteiger partial charge in [0.1, 0.15) is 12.3 Å². The molecule has 1 amide bonds. The maximum absolute atomic E-state index is 11.9. The molecule has 0 atom stereocenters. The highest BCUT2D eigenvalue weighted by Crippen LogP contribution is 2.15. The van der Waals surface area contributed by atoms with E-state index in [0.29, 0.717) is 10.8 Å². The van der Waals surface area contributed by atoms with E-state index < -0.39 is 11.9 Å². The number of benzene rings is 1. The molecule has 0 saturated carbocycles. The normalized spacial score (nSPS) is 10.1. The highest BCUT2D eigenvalue weighted by molar-refractivity contribution is 6.30. The predicted octanol–water partition coefficient (Wildman–Crippen LogP) is 1.28. The van der Waals surface area contributed by atoms with E-state index in [0.717, 1.165) is 0 Å². The third kappa shape index (κ3) is 5.90. The lowest BCUT2D eigenvalue weighted by Crippen LogP contribution is -2.40. The van der Waals surface area contributed by atoms with E-state index in [-0.39, 0.29) is 26.3 Å². The number of nitrogens with zero attached hydrogens (tertiary/aromatic N) is 1. The van der Waals surface area contributed by atoms with Crippen molar-refractivity contribution in [2.75, 3.05) is 33.4 Å². The zero-order chi connectivity index (χ0) is 15.0. The van der Waals surface area contributed by atoms with Gasteiger partial charge in [0, 0.05) is 18.7 Å². The van der Waals surface area contributed by atoms with E-state index in [1.165, 1.54) is 12.0 Å². The molecular formula is C13H16ClNO5. The molecule has 0 spiro atoms. The van der Waals surface area contributed by atoms with Crippen molar-refractivity contribution in [1.82, 2.24) is 4.90 Å². The number of carboxylic acids is 1. The van der Waals surface area contributed by atoms with E-state index in [1.54, 1.807) is 24.3 Å². The van der Waals surface area contributed by atoms with Crippen molar-refractivity contribution in [1.29, 1.82) is 0 Å². The molecule has 0 aliphatic carbocycles. The number of amides is 1. The van der Waals surface area contributed by atoms with Gasteiger partial charge in [0.05, 0.1) is 6.61 Å². The van der Waals surface area contributed by atoms with E-state index in [1.807, 2.05) is 0 Å². The fraction of sp³-hybridized carbons (Fsp3) is 0.385. The van der Waals surface area contributed by atoms with Crippen LogP contribution >= 0.6 is 11.6 Å². The molecule has 1 rings (SSSR count). The average molecular weight is 302 g/mol. The summed E-state index contributed by atoms with van der Waals surface area (Å²) >= 11 is 5.73. The first-order chi connectivity index (χ1) is 9.52. The van der Waals surface area contributed by atoms with Crippen LogP contribution in [-0.4, -0.2) is 55.3 Å². The standard InChI is InChI=1S/C13H16ClNO5/c1-19-7-6-15(8-13(17)18)12(16)9-20-11-4-2-10(14)3-5-11/h2-5H,6-9H2,1H3,(H,17,18). The first kappa shape index (κ1) is 16.3. The van der Waals surface area contributed by atoms with Crippen molar-refractivity contribution in [3.05, 3.63) is 29.3 Å². The van der Waals surface area contributed by atoms with Crippen molar-refractivity contribution >= 4 is 23.5 Å². The maximum atomic E-state index is 11.9. The molecule has 1 aromatic carbocycles. The van der Waals surface area contributed by atoms with Crippen molar-refractivity contribution in [3.8, 4) is 5.75 Å². The molecule has 20 heavy (non-hydrogen) atoms. The first-order valence-electron chi connectivity index (χ1n) is 5.90. The Kier molecular flexibility index (Phi) is 6.83. The lowest BCUT2D eigenvalue weighted by Gasteiger charge is -2.20. The topological polar surface area (TPSA) is 76.1 Å². The van der Waals surface area contributed by atoms with Crippen LogP contribution < -0.4 is 4.74 Å². The molecule has 1 N–H and O–H groups in total. The summed E-state index contributed by atoms with van der Waals surface area (Å²) in [6.45, 7) is -0.156. The molecule has 0 fully saturated rings. The second kappa shape index (κ2) is 8.39. The van der Waals surface area contributed by atoms with Crippen LogP contribution in [0.15, 0.2) is 24.3 Å². The van der Waals surface area contributed by atoms with Gasteiger partial charge in [-0.15, -0.1) is 0 Å². The van der Waals surface area contributed by atoms with Gasteiger partial charge >= 0.3 is 5.97 Å². The van der Waals surface area contributed by atoms with E-state index in [9.17, 15) is 9.59 Å². The molecule has 1 aromatic rings. The number of aliphatic carboxylic acids is 1. The molecule has 0 aliphatic heterocycles. The van der Waals surface area contributed by atoms with Gasteiger partial charge in [0.15, 0.2) is 6.61 Å². The van der Waals surface area contributed by atoms with Gasteiger partial charge < -0.3 is 19.5 Å². The Morgan fingerprint density at radius 3 is 2.50 bits per heavy atom. The second-order valence-corrected chi connectivity index (χ2v) is 4.38. The molecule has 0 aromatic heterocycles. The fourth-order valence-corrected chi connectivity index (χ4v) is 1.55. The van der Waals surface area contributed by atoms with Crippen LogP contribution in [0.2, 0.25) is 5.02 Å². The summed E-state index contributed by atoms with van der Waals surface area (Å²) < 4.78 is 10.1. The Balaban J connectivity index is 2.51. The van der Waals surface area contributed by atoms with Crippen molar-refractivity contribution in [3.63, 3.8) is 0 Å². The molecule has 0 bridgehead atoms. The zero-order valence-corrected chi connectivity index (χ0v) is 11.8. The third-order valence-corrected chi connectivity index (χ3v) is 2.67. The van der Waals surface area contributed by atoms with Crippen LogP contribution in [0.25, 0.3) is 0 Å². The largest absolute Gasteiger partial charge is 0.484 e. The summed E-state index contributed by atoms with van der Waals surface area (Å²) in [4.78, 5) is 23.7. The molecular weight excluding hydrogens is 286 g/mol. The number of carbonyl (C=O) groups is 2. The molecule has 0 radical (unpaired) electrons. The van der Waals surface area contributed by atoms with Crippen LogP contribution in [0, 0.1) is 0 Å². The summed E-state index contributed by atoms with van der Waals surface area (Å²) in [6.07, 6.45) is 0. The quantitative estimate of drug-likeness (QED) is 0.783. The Morgan fingerprint density at radius 1 is 1.30 bits per heavy atom. The summed E-state index contributed by atoms with van der Waals surface area (Å²) in [5.41, 5.74) is 0. The number of methoxy groups -OCH3 is 1. The van der Waals surface area contributed by atoms with Crippen molar-refractivity contribution in [2.24, 2.45) is 0 Å². The molecule has 0 aliphatic rings. The number of hydrogen-bond acceptors (Lipinski definition) is 4. The first-order valence-corrected chi connectivity index (χ1v) is 6.27. The summed E-state index contributed by atoms with van der Waals surface area (Å²) in [7, 11) is 1.48.